The molecule has 1 fully saturated rings. The molecule has 1 saturated carbocycles. The zero-order valence-electron chi connectivity index (χ0n) is 12.3. The van der Waals surface area contributed by atoms with Crippen molar-refractivity contribution in [1.29, 1.82) is 0 Å². The van der Waals surface area contributed by atoms with Crippen LogP contribution in [0.15, 0.2) is 18.2 Å². The van der Waals surface area contributed by atoms with Gasteiger partial charge in [-0.05, 0) is 37.8 Å². The van der Waals surface area contributed by atoms with Gasteiger partial charge in [-0.1, -0.05) is 13.0 Å². The third kappa shape index (κ3) is 2.73. The third-order valence-corrected chi connectivity index (χ3v) is 4.09. The second-order valence-corrected chi connectivity index (χ2v) is 5.58. The van der Waals surface area contributed by atoms with Crippen LogP contribution in [-0.2, 0) is 22.5 Å². The van der Waals surface area contributed by atoms with Gasteiger partial charge in [0.1, 0.15) is 24.0 Å². The largest absolute Gasteiger partial charge is 0.461 e. The highest BCUT2D eigenvalue weighted by Crippen LogP contribution is 2.24. The Morgan fingerprint density at radius 1 is 1.43 bits per heavy atom. The molecule has 0 amide bonds. The lowest BCUT2D eigenvalue weighted by atomic mass is 10.3. The van der Waals surface area contributed by atoms with Crippen molar-refractivity contribution in [1.82, 2.24) is 9.55 Å². The van der Waals surface area contributed by atoms with Crippen LogP contribution in [0, 0.1) is 0 Å². The number of fused-ring (bicyclic) bond motifs is 1. The van der Waals surface area contributed by atoms with Gasteiger partial charge < -0.3 is 15.0 Å². The first-order valence-corrected chi connectivity index (χ1v) is 7.62. The maximum Gasteiger partial charge on any atom is 0.326 e. The van der Waals surface area contributed by atoms with Crippen molar-refractivity contribution in [3.05, 3.63) is 24.0 Å². The molecule has 2 N–H and O–H groups in total. The summed E-state index contributed by atoms with van der Waals surface area (Å²) in [6.45, 7) is 2.23. The zero-order chi connectivity index (χ0) is 14.8. The predicted molar refractivity (Wildman–Crippen MR) is 81.9 cm³/mol. The van der Waals surface area contributed by atoms with Crippen molar-refractivity contribution in [2.24, 2.45) is 0 Å². The summed E-state index contributed by atoms with van der Waals surface area (Å²) in [6, 6.07) is 5.66. The number of rotatable bonds is 4. The molecule has 1 aromatic carbocycles. The summed E-state index contributed by atoms with van der Waals surface area (Å²) in [4.78, 5) is 16.7. The van der Waals surface area contributed by atoms with Crippen LogP contribution in [0.3, 0.4) is 0 Å². The van der Waals surface area contributed by atoms with E-state index < -0.39 is 0 Å². The number of imidazole rings is 1. The van der Waals surface area contributed by atoms with Gasteiger partial charge in [0.25, 0.3) is 0 Å². The summed E-state index contributed by atoms with van der Waals surface area (Å²) in [5.41, 5.74) is 8.27. The minimum atomic E-state index is -0.182. The van der Waals surface area contributed by atoms with Crippen LogP contribution in [0.4, 0.5) is 5.69 Å². The normalized spacial score (nSPS) is 15.7. The Kier molecular flexibility index (Phi) is 3.82. The highest BCUT2D eigenvalue weighted by atomic mass is 16.5. The molecule has 21 heavy (non-hydrogen) atoms. The van der Waals surface area contributed by atoms with E-state index in [0.29, 0.717) is 5.69 Å². The van der Waals surface area contributed by atoms with Crippen LogP contribution in [0.1, 0.15) is 38.4 Å². The number of carbonyl (C=O) groups excluding carboxylic acids is 1. The fourth-order valence-corrected chi connectivity index (χ4v) is 3.02. The molecule has 1 heterocycles. The Morgan fingerprint density at radius 2 is 2.19 bits per heavy atom. The van der Waals surface area contributed by atoms with Crippen LogP contribution in [-0.4, -0.2) is 21.6 Å². The lowest BCUT2D eigenvalue weighted by Gasteiger charge is -2.13. The van der Waals surface area contributed by atoms with E-state index in [1.165, 1.54) is 0 Å². The average molecular weight is 287 g/mol. The number of hydrogen-bond donors (Lipinski definition) is 1. The lowest BCUT2D eigenvalue weighted by molar-refractivity contribution is -0.149. The van der Waals surface area contributed by atoms with Crippen molar-refractivity contribution in [3.63, 3.8) is 0 Å². The number of esters is 1. The quantitative estimate of drug-likeness (QED) is 0.693. The monoisotopic (exact) mass is 287 g/mol. The first kappa shape index (κ1) is 13.9. The minimum absolute atomic E-state index is 0.0995. The van der Waals surface area contributed by atoms with Crippen molar-refractivity contribution >= 4 is 22.7 Å². The van der Waals surface area contributed by atoms with Gasteiger partial charge in [-0.2, -0.15) is 0 Å². The van der Waals surface area contributed by atoms with Crippen LogP contribution in [0.25, 0.3) is 11.0 Å². The van der Waals surface area contributed by atoms with Crippen molar-refractivity contribution in [2.45, 2.75) is 51.7 Å². The molecule has 1 aliphatic rings. The number of para-hydroxylation sites is 1. The molecular formula is C16H21N3O2. The van der Waals surface area contributed by atoms with Crippen LogP contribution >= 0.6 is 0 Å². The van der Waals surface area contributed by atoms with E-state index in [-0.39, 0.29) is 18.6 Å². The van der Waals surface area contributed by atoms with E-state index in [1.54, 1.807) is 0 Å². The van der Waals surface area contributed by atoms with Crippen molar-refractivity contribution in [2.75, 3.05) is 5.73 Å². The Bertz CT molecular complexity index is 657. The van der Waals surface area contributed by atoms with Gasteiger partial charge in [-0.15, -0.1) is 0 Å². The maximum atomic E-state index is 12.2. The highest BCUT2D eigenvalue weighted by molar-refractivity contribution is 5.88. The molecule has 3 rings (SSSR count). The van der Waals surface area contributed by atoms with Crippen molar-refractivity contribution in [3.8, 4) is 0 Å². The van der Waals surface area contributed by atoms with Crippen molar-refractivity contribution < 1.29 is 9.53 Å². The number of nitrogen functional groups attached to an aromatic ring is 1. The molecule has 1 aromatic heterocycles. The summed E-state index contributed by atoms with van der Waals surface area (Å²) in [5.74, 6) is 0.685. The number of anilines is 1. The van der Waals surface area contributed by atoms with Gasteiger partial charge in [0.2, 0.25) is 0 Å². The summed E-state index contributed by atoms with van der Waals surface area (Å²) < 4.78 is 7.46. The van der Waals surface area contributed by atoms with Crippen LogP contribution in [0.2, 0.25) is 0 Å². The smallest absolute Gasteiger partial charge is 0.326 e. The average Bonchev–Trinajstić information content (AvgIpc) is 3.08. The van der Waals surface area contributed by atoms with E-state index in [9.17, 15) is 4.79 Å². The molecule has 1 aliphatic carbocycles. The first-order chi connectivity index (χ1) is 10.2. The first-order valence-electron chi connectivity index (χ1n) is 7.62. The van der Waals surface area contributed by atoms with Crippen LogP contribution < -0.4 is 5.73 Å². The number of ether oxygens (including phenoxy) is 1. The second-order valence-electron chi connectivity index (χ2n) is 5.58. The molecule has 0 aliphatic heterocycles. The Labute approximate surface area is 124 Å². The minimum Gasteiger partial charge on any atom is -0.461 e. The Morgan fingerprint density at radius 3 is 2.90 bits per heavy atom. The predicted octanol–water partition coefficient (Wildman–Crippen LogP) is 2.67. The fraction of sp³-hybridized carbons (Fsp3) is 0.500. The summed E-state index contributed by atoms with van der Waals surface area (Å²) in [6.07, 6.45) is 5.15. The zero-order valence-corrected chi connectivity index (χ0v) is 12.3. The number of nitrogens with zero attached hydrogens (tertiary/aromatic N) is 2. The third-order valence-electron chi connectivity index (χ3n) is 4.09. The maximum absolute atomic E-state index is 12.2. The summed E-state index contributed by atoms with van der Waals surface area (Å²) in [5, 5.41) is 0. The topological polar surface area (TPSA) is 70.1 Å². The number of hydrogen-bond acceptors (Lipinski definition) is 4. The number of benzene rings is 1. The molecule has 0 atom stereocenters. The molecule has 0 unspecified atom stereocenters. The molecule has 0 radical (unpaired) electrons. The van der Waals surface area contributed by atoms with Gasteiger partial charge in [-0.25, -0.2) is 4.98 Å². The van der Waals surface area contributed by atoms with Gasteiger partial charge in [0.05, 0.1) is 11.2 Å². The number of nitrogens with two attached hydrogens (primary N) is 1. The fourth-order valence-electron chi connectivity index (χ4n) is 3.02. The Balaban J connectivity index is 1.85. The molecule has 5 heteroatoms. The lowest BCUT2D eigenvalue weighted by Crippen LogP contribution is -2.20. The van der Waals surface area contributed by atoms with Crippen LogP contribution in [0.5, 0.6) is 0 Å². The van der Waals surface area contributed by atoms with E-state index in [1.807, 2.05) is 29.7 Å². The second kappa shape index (κ2) is 5.76. The highest BCUT2D eigenvalue weighted by Gasteiger charge is 2.21. The van der Waals surface area contributed by atoms with Gasteiger partial charge in [0, 0.05) is 6.42 Å². The van der Waals surface area contributed by atoms with Gasteiger partial charge in [0.15, 0.2) is 0 Å². The van der Waals surface area contributed by atoms with E-state index in [2.05, 4.69) is 4.98 Å². The molecule has 0 spiro atoms. The summed E-state index contributed by atoms with van der Waals surface area (Å²) in [7, 11) is 0. The molecule has 5 nitrogen and oxygen atoms in total. The van der Waals surface area contributed by atoms with E-state index in [4.69, 9.17) is 10.5 Å². The molecule has 0 bridgehead atoms. The number of aryl methyl sites for hydroxylation is 1. The standard InChI is InChI=1S/C16H21N3O2/c1-2-14-18-16-12(17)8-5-9-13(16)19(14)10-15(20)21-11-6-3-4-7-11/h5,8-9,11H,2-4,6-7,10,17H2,1H3. The van der Waals surface area contributed by atoms with Gasteiger partial charge in [-0.3, -0.25) is 4.79 Å². The summed E-state index contributed by atoms with van der Waals surface area (Å²) >= 11 is 0. The van der Waals surface area contributed by atoms with Gasteiger partial charge >= 0.3 is 5.97 Å². The van der Waals surface area contributed by atoms with E-state index in [0.717, 1.165) is 49.0 Å². The Hall–Kier alpha value is -2.04. The molecular weight excluding hydrogens is 266 g/mol. The number of aromatic nitrogens is 2. The SMILES string of the molecule is CCc1nc2c(N)cccc2n1CC(=O)OC1CCCC1. The number of carbonyl (C=O) groups is 1. The molecule has 0 saturated heterocycles. The molecule has 2 aromatic rings. The molecule has 112 valence electrons. The van der Waals surface area contributed by atoms with E-state index >= 15 is 0 Å².